The van der Waals surface area contributed by atoms with E-state index in [2.05, 4.69) is 36.0 Å². The fourth-order valence-electron chi connectivity index (χ4n) is 9.89. The zero-order chi connectivity index (χ0) is 58.8. The SMILES string of the molecule is C.CN1CCC(Oc2ccc(-c3ccc(N)cc3)cc2C#N)CC1.COc1cccc(-c2cc(C(=O)Cc3ccc(-c4ccc(OC5CCN(C)CC5)c(C#N)c4)cc3)ccc2OC)c1.COc1cccc(-c2cc(C(=O)Cl)ccc2OC)c1. The minimum atomic E-state index is -0.494. The normalized spacial score (nSPS) is 13.4. The number of nitriles is 2. The van der Waals surface area contributed by atoms with Crippen LogP contribution in [0.3, 0.4) is 0 Å². The van der Waals surface area contributed by atoms with E-state index < -0.39 is 5.24 Å². The Bertz CT molecular complexity index is 3600. The van der Waals surface area contributed by atoms with Crippen LogP contribution in [-0.2, 0) is 6.42 Å². The maximum absolute atomic E-state index is 13.3. The molecule has 13 nitrogen and oxygen atoms in total. The molecule has 84 heavy (non-hydrogen) atoms. The lowest BCUT2D eigenvalue weighted by atomic mass is 9.96. The Hall–Kier alpha value is -9.11. The Kier molecular flexibility index (Phi) is 22.5. The first-order valence-electron chi connectivity index (χ1n) is 27.4. The van der Waals surface area contributed by atoms with Crippen molar-refractivity contribution in [2.45, 2.75) is 51.7 Å². The van der Waals surface area contributed by atoms with E-state index in [-0.39, 0.29) is 31.8 Å². The third-order valence-corrected chi connectivity index (χ3v) is 14.9. The number of carbonyl (C=O) groups excluding carboxylic acids is 2. The number of halogens is 1. The molecular formula is C70H72ClN5O8. The average Bonchev–Trinajstić information content (AvgIpc) is 3.72. The van der Waals surface area contributed by atoms with Gasteiger partial charge in [-0.1, -0.05) is 80.2 Å². The van der Waals surface area contributed by atoms with Gasteiger partial charge in [0.15, 0.2) is 5.78 Å². The summed E-state index contributed by atoms with van der Waals surface area (Å²) in [5, 5.41) is 18.7. The largest absolute Gasteiger partial charge is 0.497 e. The Morgan fingerprint density at radius 3 is 1.32 bits per heavy atom. The van der Waals surface area contributed by atoms with Crippen molar-refractivity contribution in [2.24, 2.45) is 0 Å². The molecule has 0 aliphatic carbocycles. The first-order valence-corrected chi connectivity index (χ1v) is 27.8. The van der Waals surface area contributed by atoms with Crippen LogP contribution in [0.5, 0.6) is 34.5 Å². The van der Waals surface area contributed by atoms with Crippen molar-refractivity contribution in [3.05, 3.63) is 198 Å². The number of ketones is 1. The minimum absolute atomic E-state index is 0. The minimum Gasteiger partial charge on any atom is -0.497 e. The van der Waals surface area contributed by atoms with Crippen molar-refractivity contribution < 1.29 is 38.0 Å². The summed E-state index contributed by atoms with van der Waals surface area (Å²) in [4.78, 5) is 29.1. The summed E-state index contributed by atoms with van der Waals surface area (Å²) in [6.07, 6.45) is 4.53. The Morgan fingerprint density at radius 1 is 0.500 bits per heavy atom. The highest BCUT2D eigenvalue weighted by molar-refractivity contribution is 6.67. The van der Waals surface area contributed by atoms with Crippen LogP contribution in [0.25, 0.3) is 44.5 Å². The van der Waals surface area contributed by atoms with Crippen LogP contribution in [0.2, 0.25) is 0 Å². The second-order valence-electron chi connectivity index (χ2n) is 20.4. The zero-order valence-corrected chi connectivity index (χ0v) is 48.5. The lowest BCUT2D eigenvalue weighted by Crippen LogP contribution is -2.35. The second-order valence-corrected chi connectivity index (χ2v) is 20.7. The highest BCUT2D eigenvalue weighted by atomic mass is 35.5. The molecule has 2 N–H and O–H groups in total. The van der Waals surface area contributed by atoms with Gasteiger partial charge in [0.1, 0.15) is 58.8 Å². The van der Waals surface area contributed by atoms with Gasteiger partial charge in [0, 0.05) is 60.5 Å². The van der Waals surface area contributed by atoms with Gasteiger partial charge in [-0.3, -0.25) is 9.59 Å². The van der Waals surface area contributed by atoms with Gasteiger partial charge in [-0.25, -0.2) is 0 Å². The standard InChI is InChI=1S/C35H34N2O4.C19H21N3O.C15H13ClO3.CH4/c1-37-17-15-30(16-18-37)41-34-13-11-26(20-29(34)23-36)25-9-7-24(8-10-25)19-33(38)28-12-14-35(40-3)32(22-28)27-5-4-6-31(21-27)39-2;1-22-10-8-18(9-11-22)23-19-7-4-15(12-16(19)13-20)14-2-5-17(21)6-3-14;1-18-12-5-3-4-10(8-12)13-9-11(15(16)17)6-7-14(13)19-2;/h4-14,20-22,30H,15-19H2,1-3H3;2-7,12,18H,8-11,21H2,1H3;3-9H,1-2H3;1H4. The van der Waals surface area contributed by atoms with Gasteiger partial charge in [-0.2, -0.15) is 10.5 Å². The van der Waals surface area contributed by atoms with Crippen LogP contribution < -0.4 is 34.2 Å². The molecule has 0 radical (unpaired) electrons. The number of piperidine rings is 2. The molecule has 8 aromatic rings. The molecule has 0 bridgehead atoms. The summed E-state index contributed by atoms with van der Waals surface area (Å²) in [5.74, 6) is 4.19. The number of carbonyl (C=O) groups is 2. The molecule has 8 aromatic carbocycles. The summed E-state index contributed by atoms with van der Waals surface area (Å²) in [6, 6.07) is 57.5. The van der Waals surface area contributed by atoms with E-state index in [0.29, 0.717) is 45.3 Å². The number of hydrogen-bond donors (Lipinski definition) is 1. The van der Waals surface area contributed by atoms with Crippen LogP contribution in [0.4, 0.5) is 5.69 Å². The van der Waals surface area contributed by atoms with Gasteiger partial charge in [0.25, 0.3) is 5.24 Å². The van der Waals surface area contributed by atoms with Crippen LogP contribution in [-0.4, -0.2) is 102 Å². The van der Waals surface area contributed by atoms with Crippen LogP contribution in [0.1, 0.15) is 70.5 Å². The van der Waals surface area contributed by atoms with E-state index in [4.69, 9.17) is 45.8 Å². The van der Waals surface area contributed by atoms with Crippen molar-refractivity contribution in [3.8, 4) is 91.1 Å². The lowest BCUT2D eigenvalue weighted by molar-refractivity contribution is 0.0992. The molecule has 0 aromatic heterocycles. The molecule has 2 aliphatic heterocycles. The van der Waals surface area contributed by atoms with E-state index in [1.165, 1.54) is 0 Å². The van der Waals surface area contributed by atoms with Crippen molar-refractivity contribution in [2.75, 3.05) is 74.4 Å². The number of nitrogens with two attached hydrogens (primary N) is 1. The molecule has 0 saturated carbocycles. The van der Waals surface area contributed by atoms with E-state index in [0.717, 1.165) is 119 Å². The monoisotopic (exact) mass is 1150 g/mol. The van der Waals surface area contributed by atoms with Crippen molar-refractivity contribution in [1.29, 1.82) is 10.5 Å². The average molecular weight is 1150 g/mol. The third kappa shape index (κ3) is 16.5. The van der Waals surface area contributed by atoms with Crippen molar-refractivity contribution in [1.82, 2.24) is 9.80 Å². The number of methoxy groups -OCH3 is 4. The number of likely N-dealkylation sites (tertiary alicyclic amines) is 2. The summed E-state index contributed by atoms with van der Waals surface area (Å²) >= 11 is 5.51. The smallest absolute Gasteiger partial charge is 0.252 e. The van der Waals surface area contributed by atoms with Gasteiger partial charge in [-0.05, 0) is 187 Å². The van der Waals surface area contributed by atoms with E-state index in [1.807, 2.05) is 146 Å². The summed E-state index contributed by atoms with van der Waals surface area (Å²) < 4.78 is 33.7. The number of rotatable bonds is 16. The number of ether oxygens (including phenoxy) is 6. The van der Waals surface area contributed by atoms with E-state index >= 15 is 0 Å². The van der Waals surface area contributed by atoms with Crippen molar-refractivity contribution >= 4 is 28.3 Å². The van der Waals surface area contributed by atoms with E-state index in [1.54, 1.807) is 52.7 Å². The van der Waals surface area contributed by atoms with Gasteiger partial charge < -0.3 is 44.0 Å². The fourth-order valence-corrected chi connectivity index (χ4v) is 10.0. The summed E-state index contributed by atoms with van der Waals surface area (Å²) in [7, 11) is 10.7. The molecule has 14 heteroatoms. The lowest BCUT2D eigenvalue weighted by Gasteiger charge is -2.29. The van der Waals surface area contributed by atoms with Gasteiger partial charge in [0.05, 0.1) is 39.6 Å². The Balaban J connectivity index is 0.000000198. The topological polar surface area (TPSA) is 170 Å². The van der Waals surface area contributed by atoms with Crippen molar-refractivity contribution in [3.63, 3.8) is 0 Å². The first kappa shape index (κ1) is 62.5. The predicted octanol–water partition coefficient (Wildman–Crippen LogP) is 14.5. The molecule has 2 aliphatic rings. The number of nitrogen functional groups attached to an aromatic ring is 1. The van der Waals surface area contributed by atoms with Gasteiger partial charge >= 0.3 is 0 Å². The van der Waals surface area contributed by atoms with Crippen LogP contribution in [0.15, 0.2) is 170 Å². The van der Waals surface area contributed by atoms with Gasteiger partial charge in [-0.15, -0.1) is 0 Å². The molecule has 2 heterocycles. The Labute approximate surface area is 499 Å². The molecule has 2 saturated heterocycles. The summed E-state index contributed by atoms with van der Waals surface area (Å²) in [6.45, 7) is 4.08. The number of nitrogens with zero attached hydrogens (tertiary/aromatic N) is 4. The first-order chi connectivity index (χ1) is 40.3. The predicted molar refractivity (Wildman–Crippen MR) is 335 cm³/mol. The van der Waals surface area contributed by atoms with Crippen LogP contribution in [0, 0.1) is 22.7 Å². The number of hydrogen-bond acceptors (Lipinski definition) is 13. The maximum atomic E-state index is 13.3. The third-order valence-electron chi connectivity index (χ3n) is 14.7. The molecule has 432 valence electrons. The quantitative estimate of drug-likeness (QED) is 0.0551. The van der Waals surface area contributed by atoms with E-state index in [9.17, 15) is 20.1 Å². The maximum Gasteiger partial charge on any atom is 0.252 e. The number of benzene rings is 8. The second kappa shape index (κ2) is 30.3. The molecule has 10 rings (SSSR count). The molecule has 0 unspecified atom stereocenters. The fraction of sp³-hybridized carbons (Fsp3) is 0.257. The molecule has 2 fully saturated rings. The summed E-state index contributed by atoms with van der Waals surface area (Å²) in [5.41, 5.74) is 16.9. The molecule has 0 atom stereocenters. The molecule has 0 amide bonds. The number of Topliss-reactive ketones (excluding diaryl/α,β-unsaturated/α-hetero) is 1. The van der Waals surface area contributed by atoms with Gasteiger partial charge in [0.2, 0.25) is 0 Å². The molecular weight excluding hydrogens is 1070 g/mol. The number of anilines is 1. The zero-order valence-electron chi connectivity index (χ0n) is 47.7. The highest BCUT2D eigenvalue weighted by Gasteiger charge is 2.22. The highest BCUT2D eigenvalue weighted by Crippen LogP contribution is 2.36. The van der Waals surface area contributed by atoms with Crippen LogP contribution >= 0.6 is 11.6 Å². The molecule has 0 spiro atoms. The Morgan fingerprint density at radius 2 is 0.905 bits per heavy atom.